The molecule has 0 aromatic heterocycles. The minimum atomic E-state index is 0.128. The van der Waals surface area contributed by atoms with Crippen LogP contribution < -0.4 is 5.73 Å². The summed E-state index contributed by atoms with van der Waals surface area (Å²) >= 11 is 0. The number of ether oxygens (including phenoxy) is 2. The molecule has 3 nitrogen and oxygen atoms in total. The van der Waals surface area contributed by atoms with Crippen LogP contribution in [0.1, 0.15) is 19.8 Å². The van der Waals surface area contributed by atoms with Gasteiger partial charge >= 0.3 is 0 Å². The van der Waals surface area contributed by atoms with E-state index in [1.165, 1.54) is 0 Å². The van der Waals surface area contributed by atoms with E-state index < -0.39 is 0 Å². The number of nitrogens with two attached hydrogens (primary N) is 1. The average molecular weight is 159 g/mol. The van der Waals surface area contributed by atoms with Crippen LogP contribution in [-0.2, 0) is 9.47 Å². The molecule has 0 aliphatic carbocycles. The van der Waals surface area contributed by atoms with Gasteiger partial charge < -0.3 is 15.2 Å². The SMILES string of the molecule is CCCC(N)C1COCCO1. The Bertz CT molecular complexity index is 102. The van der Waals surface area contributed by atoms with E-state index in [2.05, 4.69) is 6.92 Å². The molecule has 0 aromatic rings. The van der Waals surface area contributed by atoms with Crippen molar-refractivity contribution >= 4 is 0 Å². The first-order valence-electron chi connectivity index (χ1n) is 4.29. The molecule has 0 bridgehead atoms. The molecule has 0 spiro atoms. The summed E-state index contributed by atoms with van der Waals surface area (Å²) in [5.74, 6) is 0. The van der Waals surface area contributed by atoms with Crippen LogP contribution in [0.5, 0.6) is 0 Å². The zero-order valence-electron chi connectivity index (χ0n) is 7.08. The largest absolute Gasteiger partial charge is 0.376 e. The Labute approximate surface area is 67.9 Å². The maximum absolute atomic E-state index is 5.85. The lowest BCUT2D eigenvalue weighted by molar-refractivity contribution is -0.0976. The Kier molecular flexibility index (Phi) is 3.83. The first-order chi connectivity index (χ1) is 5.34. The Balaban J connectivity index is 2.21. The van der Waals surface area contributed by atoms with Gasteiger partial charge in [-0.25, -0.2) is 0 Å². The van der Waals surface area contributed by atoms with Crippen LogP contribution in [0, 0.1) is 0 Å². The van der Waals surface area contributed by atoms with Crippen molar-refractivity contribution in [2.45, 2.75) is 31.9 Å². The minimum Gasteiger partial charge on any atom is -0.376 e. The Morgan fingerprint density at radius 3 is 2.91 bits per heavy atom. The monoisotopic (exact) mass is 159 g/mol. The van der Waals surface area contributed by atoms with Crippen LogP contribution in [0.4, 0.5) is 0 Å². The maximum Gasteiger partial charge on any atom is 0.0959 e. The summed E-state index contributed by atoms with van der Waals surface area (Å²) in [6.45, 7) is 4.21. The van der Waals surface area contributed by atoms with E-state index in [0.29, 0.717) is 13.2 Å². The Morgan fingerprint density at radius 1 is 1.55 bits per heavy atom. The van der Waals surface area contributed by atoms with Gasteiger partial charge in [-0.05, 0) is 6.42 Å². The second-order valence-corrected chi connectivity index (χ2v) is 2.94. The fraction of sp³-hybridized carbons (Fsp3) is 1.00. The van der Waals surface area contributed by atoms with Gasteiger partial charge in [-0.1, -0.05) is 13.3 Å². The van der Waals surface area contributed by atoms with Crippen molar-refractivity contribution in [2.24, 2.45) is 5.73 Å². The van der Waals surface area contributed by atoms with E-state index in [-0.39, 0.29) is 12.1 Å². The summed E-state index contributed by atoms with van der Waals surface area (Å²) in [7, 11) is 0. The highest BCUT2D eigenvalue weighted by Crippen LogP contribution is 2.07. The van der Waals surface area contributed by atoms with Crippen molar-refractivity contribution in [1.29, 1.82) is 0 Å². The first-order valence-corrected chi connectivity index (χ1v) is 4.29. The molecule has 1 saturated heterocycles. The normalized spacial score (nSPS) is 28.4. The number of hydrogen-bond acceptors (Lipinski definition) is 3. The number of hydrogen-bond donors (Lipinski definition) is 1. The summed E-state index contributed by atoms with van der Waals surface area (Å²) in [6, 6.07) is 0.153. The zero-order chi connectivity index (χ0) is 8.10. The molecule has 66 valence electrons. The third-order valence-corrected chi connectivity index (χ3v) is 1.94. The Hall–Kier alpha value is -0.120. The molecule has 1 rings (SSSR count). The molecule has 11 heavy (non-hydrogen) atoms. The summed E-state index contributed by atoms with van der Waals surface area (Å²) in [4.78, 5) is 0. The highest BCUT2D eigenvalue weighted by molar-refractivity contribution is 4.74. The second kappa shape index (κ2) is 4.70. The van der Waals surface area contributed by atoms with Crippen molar-refractivity contribution < 1.29 is 9.47 Å². The lowest BCUT2D eigenvalue weighted by atomic mass is 10.1. The maximum atomic E-state index is 5.85. The molecular weight excluding hydrogens is 142 g/mol. The highest BCUT2D eigenvalue weighted by Gasteiger charge is 2.20. The predicted octanol–water partition coefficient (Wildman–Crippen LogP) is 0.529. The lowest BCUT2D eigenvalue weighted by Gasteiger charge is -2.27. The van der Waals surface area contributed by atoms with Gasteiger partial charge in [0.1, 0.15) is 0 Å². The molecule has 0 aromatic carbocycles. The van der Waals surface area contributed by atoms with Gasteiger partial charge in [0, 0.05) is 6.04 Å². The van der Waals surface area contributed by atoms with Gasteiger partial charge in [-0.2, -0.15) is 0 Å². The van der Waals surface area contributed by atoms with Gasteiger partial charge in [0.05, 0.1) is 25.9 Å². The summed E-state index contributed by atoms with van der Waals surface area (Å²) < 4.78 is 10.7. The summed E-state index contributed by atoms with van der Waals surface area (Å²) in [6.07, 6.45) is 2.26. The average Bonchev–Trinajstić information content (AvgIpc) is 2.07. The highest BCUT2D eigenvalue weighted by atomic mass is 16.6. The van der Waals surface area contributed by atoms with Gasteiger partial charge in [0.15, 0.2) is 0 Å². The van der Waals surface area contributed by atoms with Gasteiger partial charge in [0.2, 0.25) is 0 Å². The quantitative estimate of drug-likeness (QED) is 0.653. The molecule has 2 unspecified atom stereocenters. The van der Waals surface area contributed by atoms with E-state index in [0.717, 1.165) is 19.4 Å². The van der Waals surface area contributed by atoms with Crippen molar-refractivity contribution in [3.63, 3.8) is 0 Å². The zero-order valence-corrected chi connectivity index (χ0v) is 7.08. The molecule has 3 heteroatoms. The van der Waals surface area contributed by atoms with Gasteiger partial charge in [-0.15, -0.1) is 0 Å². The molecule has 1 aliphatic rings. The third kappa shape index (κ3) is 2.77. The predicted molar refractivity (Wildman–Crippen MR) is 43.4 cm³/mol. The van der Waals surface area contributed by atoms with Crippen LogP contribution in [0.2, 0.25) is 0 Å². The van der Waals surface area contributed by atoms with Crippen molar-refractivity contribution in [1.82, 2.24) is 0 Å². The standard InChI is InChI=1S/C8H17NO2/c1-2-3-7(9)8-6-10-4-5-11-8/h7-8H,2-6,9H2,1H3. The van der Waals surface area contributed by atoms with Crippen LogP contribution in [0.15, 0.2) is 0 Å². The van der Waals surface area contributed by atoms with E-state index in [1.807, 2.05) is 0 Å². The molecule has 2 atom stereocenters. The van der Waals surface area contributed by atoms with E-state index in [1.54, 1.807) is 0 Å². The van der Waals surface area contributed by atoms with Crippen LogP contribution in [-0.4, -0.2) is 32.0 Å². The second-order valence-electron chi connectivity index (χ2n) is 2.94. The molecule has 0 saturated carbocycles. The molecule has 0 amide bonds. The first kappa shape index (κ1) is 8.97. The summed E-state index contributed by atoms with van der Waals surface area (Å²) in [5.41, 5.74) is 5.85. The van der Waals surface area contributed by atoms with Crippen molar-refractivity contribution in [3.05, 3.63) is 0 Å². The minimum absolute atomic E-state index is 0.128. The van der Waals surface area contributed by atoms with Gasteiger partial charge in [0.25, 0.3) is 0 Å². The van der Waals surface area contributed by atoms with Crippen LogP contribution >= 0.6 is 0 Å². The van der Waals surface area contributed by atoms with Crippen molar-refractivity contribution in [3.8, 4) is 0 Å². The lowest BCUT2D eigenvalue weighted by Crippen LogP contribution is -2.43. The molecular formula is C8H17NO2. The Morgan fingerprint density at radius 2 is 2.36 bits per heavy atom. The van der Waals surface area contributed by atoms with E-state index in [9.17, 15) is 0 Å². The number of rotatable bonds is 3. The van der Waals surface area contributed by atoms with Crippen LogP contribution in [0.3, 0.4) is 0 Å². The third-order valence-electron chi connectivity index (χ3n) is 1.94. The molecule has 1 heterocycles. The smallest absolute Gasteiger partial charge is 0.0959 e. The fourth-order valence-corrected chi connectivity index (χ4v) is 1.27. The molecule has 1 fully saturated rings. The molecule has 0 radical (unpaired) electrons. The molecule has 2 N–H and O–H groups in total. The van der Waals surface area contributed by atoms with E-state index >= 15 is 0 Å². The topological polar surface area (TPSA) is 44.5 Å². The summed E-state index contributed by atoms with van der Waals surface area (Å²) in [5, 5.41) is 0. The van der Waals surface area contributed by atoms with Crippen LogP contribution in [0.25, 0.3) is 0 Å². The van der Waals surface area contributed by atoms with Gasteiger partial charge in [-0.3, -0.25) is 0 Å². The molecule has 1 aliphatic heterocycles. The van der Waals surface area contributed by atoms with E-state index in [4.69, 9.17) is 15.2 Å². The fourth-order valence-electron chi connectivity index (χ4n) is 1.27. The van der Waals surface area contributed by atoms with Crippen molar-refractivity contribution in [2.75, 3.05) is 19.8 Å².